The molecule has 0 spiro atoms. The van der Waals surface area contributed by atoms with E-state index in [-0.39, 0.29) is 42.2 Å². The van der Waals surface area contributed by atoms with Crippen LogP contribution in [0.2, 0.25) is 0 Å². The molecule has 0 unspecified atom stereocenters. The predicted octanol–water partition coefficient (Wildman–Crippen LogP) is 2.74. The Morgan fingerprint density at radius 1 is 1.31 bits per heavy atom. The first-order valence-electron chi connectivity index (χ1n) is 10.5. The van der Waals surface area contributed by atoms with Crippen LogP contribution in [0.15, 0.2) is 47.4 Å². The number of likely N-dealkylation sites (N-methyl/N-ethyl adjacent to an activating group) is 1. The summed E-state index contributed by atoms with van der Waals surface area (Å²) in [5.74, 6) is -0.769. The number of benzene rings is 2. The van der Waals surface area contributed by atoms with Gasteiger partial charge >= 0.3 is 0 Å². The van der Waals surface area contributed by atoms with Crippen molar-refractivity contribution >= 4 is 15.9 Å². The molecule has 1 amide bonds. The Balaban J connectivity index is 2.16. The topological polar surface area (TPSA) is 87.2 Å². The van der Waals surface area contributed by atoms with Gasteiger partial charge in [0.2, 0.25) is 15.9 Å². The maximum Gasteiger partial charge on any atom is 0.247 e. The largest absolute Gasteiger partial charge is 0.487 e. The summed E-state index contributed by atoms with van der Waals surface area (Å²) in [7, 11) is -2.34. The fourth-order valence-electron chi connectivity index (χ4n) is 3.70. The van der Waals surface area contributed by atoms with E-state index in [1.165, 1.54) is 34.3 Å². The molecule has 9 heteroatoms. The van der Waals surface area contributed by atoms with E-state index in [1.807, 2.05) is 6.92 Å². The third kappa shape index (κ3) is 4.79. The van der Waals surface area contributed by atoms with Crippen molar-refractivity contribution in [3.8, 4) is 16.9 Å². The van der Waals surface area contributed by atoms with Gasteiger partial charge in [0.15, 0.2) is 0 Å². The molecule has 1 N–H and O–H groups in total. The monoisotopic (exact) mass is 464 g/mol. The molecule has 0 bridgehead atoms. The molecular formula is C23H29FN2O5S. The number of rotatable bonds is 5. The SMILES string of the molecule is CC(=O)N(C)C[C@H]1Oc2cc(-c3ccccc3F)ccc2S(=O)(=O)N([C@@H](C)CO)C[C@H]1C. The van der Waals surface area contributed by atoms with Crippen LogP contribution in [0.4, 0.5) is 4.39 Å². The van der Waals surface area contributed by atoms with E-state index in [9.17, 15) is 22.7 Å². The first-order valence-corrected chi connectivity index (χ1v) is 11.9. The smallest absolute Gasteiger partial charge is 0.247 e. The van der Waals surface area contributed by atoms with Crippen molar-refractivity contribution in [1.29, 1.82) is 0 Å². The van der Waals surface area contributed by atoms with E-state index >= 15 is 0 Å². The molecule has 7 nitrogen and oxygen atoms in total. The molecule has 0 radical (unpaired) electrons. The molecule has 3 rings (SSSR count). The van der Waals surface area contributed by atoms with Crippen LogP contribution in [-0.4, -0.2) is 67.5 Å². The van der Waals surface area contributed by atoms with Gasteiger partial charge in [-0.15, -0.1) is 0 Å². The Labute approximate surface area is 188 Å². The number of hydrogen-bond acceptors (Lipinski definition) is 5. The summed E-state index contributed by atoms with van der Waals surface area (Å²) in [6, 6.07) is 10.0. The summed E-state index contributed by atoms with van der Waals surface area (Å²) >= 11 is 0. The standard InChI is InChI=1S/C23H29FN2O5S/c1-15-12-26(16(2)14-27)32(29,30)23-10-9-18(19-7-5-6-8-20(19)24)11-21(23)31-22(15)13-25(4)17(3)28/h5-11,15-16,22,27H,12-14H2,1-4H3/t15-,16+,22-/m1/s1. The zero-order valence-electron chi connectivity index (χ0n) is 18.7. The molecule has 0 saturated heterocycles. The predicted molar refractivity (Wildman–Crippen MR) is 119 cm³/mol. The number of hydrogen-bond donors (Lipinski definition) is 1. The van der Waals surface area contributed by atoms with Crippen LogP contribution in [0.1, 0.15) is 20.8 Å². The lowest BCUT2D eigenvalue weighted by molar-refractivity contribution is -0.129. The van der Waals surface area contributed by atoms with Crippen molar-refractivity contribution in [3.05, 3.63) is 48.3 Å². The number of aliphatic hydroxyl groups excluding tert-OH is 1. The number of carbonyl (C=O) groups excluding carboxylic acids is 1. The summed E-state index contributed by atoms with van der Waals surface area (Å²) < 4.78 is 48.8. The van der Waals surface area contributed by atoms with E-state index in [0.29, 0.717) is 11.1 Å². The van der Waals surface area contributed by atoms with Gasteiger partial charge in [-0.3, -0.25) is 4.79 Å². The van der Waals surface area contributed by atoms with E-state index in [4.69, 9.17) is 4.74 Å². The first kappa shape index (κ1) is 24.2. The van der Waals surface area contributed by atoms with Gasteiger partial charge in [-0.2, -0.15) is 4.31 Å². The number of ether oxygens (including phenoxy) is 1. The number of amides is 1. The second-order valence-corrected chi connectivity index (χ2v) is 10.1. The van der Waals surface area contributed by atoms with Crippen molar-refractivity contribution < 1.29 is 27.4 Å². The highest BCUT2D eigenvalue weighted by molar-refractivity contribution is 7.89. The summed E-state index contributed by atoms with van der Waals surface area (Å²) in [5, 5.41) is 9.69. The zero-order chi connectivity index (χ0) is 23.6. The minimum absolute atomic E-state index is 0.0553. The van der Waals surface area contributed by atoms with E-state index < -0.39 is 28.0 Å². The van der Waals surface area contributed by atoms with Crippen LogP contribution in [0.25, 0.3) is 11.1 Å². The fraction of sp³-hybridized carbons (Fsp3) is 0.435. The van der Waals surface area contributed by atoms with Crippen molar-refractivity contribution in [2.75, 3.05) is 26.7 Å². The number of carbonyl (C=O) groups is 1. The highest BCUT2D eigenvalue weighted by atomic mass is 32.2. The number of nitrogens with zero attached hydrogens (tertiary/aromatic N) is 2. The second kappa shape index (κ2) is 9.56. The van der Waals surface area contributed by atoms with Gasteiger partial charge in [0, 0.05) is 38.0 Å². The molecule has 1 aliphatic heterocycles. The van der Waals surface area contributed by atoms with Crippen molar-refractivity contribution in [2.45, 2.75) is 37.8 Å². The minimum Gasteiger partial charge on any atom is -0.487 e. The molecule has 2 aromatic rings. The van der Waals surface area contributed by atoms with Crippen LogP contribution in [0, 0.1) is 11.7 Å². The van der Waals surface area contributed by atoms with Gasteiger partial charge in [0.1, 0.15) is 22.6 Å². The van der Waals surface area contributed by atoms with Crippen LogP contribution in [0.3, 0.4) is 0 Å². The van der Waals surface area contributed by atoms with Crippen molar-refractivity contribution in [1.82, 2.24) is 9.21 Å². The van der Waals surface area contributed by atoms with Gasteiger partial charge in [-0.25, -0.2) is 12.8 Å². The maximum atomic E-state index is 14.4. The van der Waals surface area contributed by atoms with Crippen LogP contribution in [0.5, 0.6) is 5.75 Å². The summed E-state index contributed by atoms with van der Waals surface area (Å²) in [6.45, 7) is 4.96. The highest BCUT2D eigenvalue weighted by Crippen LogP contribution is 2.37. The quantitative estimate of drug-likeness (QED) is 0.735. The Kier molecular flexibility index (Phi) is 7.22. The average molecular weight is 465 g/mol. The summed E-state index contributed by atoms with van der Waals surface area (Å²) in [5.41, 5.74) is 0.801. The molecule has 0 fully saturated rings. The highest BCUT2D eigenvalue weighted by Gasteiger charge is 2.38. The van der Waals surface area contributed by atoms with Crippen molar-refractivity contribution in [3.63, 3.8) is 0 Å². The number of fused-ring (bicyclic) bond motifs is 1. The molecule has 1 aliphatic rings. The molecule has 0 saturated carbocycles. The van der Waals surface area contributed by atoms with Crippen molar-refractivity contribution in [2.24, 2.45) is 5.92 Å². The third-order valence-electron chi connectivity index (χ3n) is 5.84. The molecule has 3 atom stereocenters. The molecule has 2 aromatic carbocycles. The fourth-order valence-corrected chi connectivity index (χ4v) is 5.53. The first-order chi connectivity index (χ1) is 15.1. The Morgan fingerprint density at radius 2 is 2.00 bits per heavy atom. The van der Waals surface area contributed by atoms with Gasteiger partial charge in [0.25, 0.3) is 0 Å². The average Bonchev–Trinajstić information content (AvgIpc) is 2.75. The van der Waals surface area contributed by atoms with Gasteiger partial charge in [0.05, 0.1) is 13.2 Å². The molecule has 0 aliphatic carbocycles. The lowest BCUT2D eigenvalue weighted by Crippen LogP contribution is -2.50. The van der Waals surface area contributed by atoms with Gasteiger partial charge < -0.3 is 14.7 Å². The second-order valence-electron chi connectivity index (χ2n) is 8.28. The number of sulfonamides is 1. The van der Waals surface area contributed by atoms with E-state index in [0.717, 1.165) is 0 Å². The lowest BCUT2D eigenvalue weighted by Gasteiger charge is -2.37. The van der Waals surface area contributed by atoms with Gasteiger partial charge in [-0.05, 0) is 30.7 Å². The Bertz CT molecular complexity index is 1090. The lowest BCUT2D eigenvalue weighted by atomic mass is 10.0. The van der Waals surface area contributed by atoms with E-state index in [2.05, 4.69) is 0 Å². The molecule has 1 heterocycles. The minimum atomic E-state index is -3.99. The summed E-state index contributed by atoms with van der Waals surface area (Å²) in [6.07, 6.45) is -0.512. The third-order valence-corrected chi connectivity index (χ3v) is 7.86. The molecule has 0 aromatic heterocycles. The van der Waals surface area contributed by atoms with Gasteiger partial charge in [-0.1, -0.05) is 31.2 Å². The number of halogens is 1. The maximum absolute atomic E-state index is 14.4. The van der Waals surface area contributed by atoms with Crippen LogP contribution < -0.4 is 4.74 Å². The molecular weight excluding hydrogens is 435 g/mol. The normalized spacial score (nSPS) is 21.6. The molecule has 174 valence electrons. The molecule has 32 heavy (non-hydrogen) atoms. The van der Waals surface area contributed by atoms with Crippen LogP contribution in [-0.2, 0) is 14.8 Å². The Hall–Kier alpha value is -2.49. The zero-order valence-corrected chi connectivity index (χ0v) is 19.5. The Morgan fingerprint density at radius 3 is 2.62 bits per heavy atom. The summed E-state index contributed by atoms with van der Waals surface area (Å²) in [4.78, 5) is 13.3. The van der Waals surface area contributed by atoms with Crippen LogP contribution >= 0.6 is 0 Å². The van der Waals surface area contributed by atoms with E-state index in [1.54, 1.807) is 38.2 Å². The number of aliphatic hydroxyl groups is 1.